The fourth-order valence-electron chi connectivity index (χ4n) is 3.17. The van der Waals surface area contributed by atoms with Crippen LogP contribution in [0, 0.1) is 0 Å². The molecule has 28 heavy (non-hydrogen) atoms. The summed E-state index contributed by atoms with van der Waals surface area (Å²) in [7, 11) is 1.68. The predicted molar refractivity (Wildman–Crippen MR) is 109 cm³/mol. The molecule has 0 atom stereocenters. The van der Waals surface area contributed by atoms with E-state index in [2.05, 4.69) is 15.1 Å². The first-order chi connectivity index (χ1) is 13.7. The Morgan fingerprint density at radius 2 is 1.96 bits per heavy atom. The van der Waals surface area contributed by atoms with Crippen LogP contribution in [0.2, 0.25) is 0 Å². The molecule has 1 aliphatic heterocycles. The number of amides is 1. The number of hydrogen-bond acceptors (Lipinski definition) is 6. The molecule has 1 N–H and O–H groups in total. The van der Waals surface area contributed by atoms with Crippen molar-refractivity contribution in [2.75, 3.05) is 63.3 Å². The smallest absolute Gasteiger partial charge is 0.225 e. The summed E-state index contributed by atoms with van der Waals surface area (Å²) in [6.45, 7) is 5.99. The molecule has 0 unspecified atom stereocenters. The van der Waals surface area contributed by atoms with Crippen molar-refractivity contribution < 1.29 is 18.7 Å². The minimum atomic E-state index is 0.000911. The zero-order valence-corrected chi connectivity index (χ0v) is 16.4. The first kappa shape index (κ1) is 20.4. The molecule has 2 heterocycles. The summed E-state index contributed by atoms with van der Waals surface area (Å²) in [6, 6.07) is 11.8. The van der Waals surface area contributed by atoms with Gasteiger partial charge in [0.15, 0.2) is 0 Å². The fourth-order valence-corrected chi connectivity index (χ4v) is 3.17. The van der Waals surface area contributed by atoms with Crippen LogP contribution < -0.4 is 10.2 Å². The number of benzene rings is 1. The van der Waals surface area contributed by atoms with Crippen molar-refractivity contribution in [1.29, 1.82) is 0 Å². The Morgan fingerprint density at radius 1 is 1.18 bits per heavy atom. The molecule has 0 spiro atoms. The molecule has 1 aliphatic rings. The first-order valence-electron chi connectivity index (χ1n) is 9.71. The third-order valence-corrected chi connectivity index (χ3v) is 4.75. The van der Waals surface area contributed by atoms with E-state index in [0.717, 1.165) is 50.0 Å². The normalized spacial score (nSPS) is 14.4. The molecule has 2 aromatic rings. The average molecular weight is 387 g/mol. The second-order valence-electron chi connectivity index (χ2n) is 6.79. The average Bonchev–Trinajstić information content (AvgIpc) is 3.24. The van der Waals surface area contributed by atoms with E-state index >= 15 is 0 Å². The lowest BCUT2D eigenvalue weighted by molar-refractivity contribution is -0.116. The van der Waals surface area contributed by atoms with Crippen LogP contribution in [0.3, 0.4) is 0 Å². The van der Waals surface area contributed by atoms with Crippen LogP contribution in [0.4, 0.5) is 11.4 Å². The van der Waals surface area contributed by atoms with Crippen molar-refractivity contribution in [3.63, 3.8) is 0 Å². The van der Waals surface area contributed by atoms with Gasteiger partial charge in [0.25, 0.3) is 0 Å². The van der Waals surface area contributed by atoms with E-state index in [1.807, 2.05) is 36.4 Å². The third kappa shape index (κ3) is 6.37. The quantitative estimate of drug-likeness (QED) is 0.676. The number of nitrogens with zero attached hydrogens (tertiary/aromatic N) is 2. The molecule has 0 radical (unpaired) electrons. The van der Waals surface area contributed by atoms with Crippen molar-refractivity contribution in [3.05, 3.63) is 48.4 Å². The number of morpholine rings is 1. The van der Waals surface area contributed by atoms with Crippen LogP contribution in [0.25, 0.3) is 0 Å². The van der Waals surface area contributed by atoms with E-state index in [4.69, 9.17) is 13.9 Å². The summed E-state index contributed by atoms with van der Waals surface area (Å²) in [5, 5.41) is 2.98. The van der Waals surface area contributed by atoms with E-state index in [1.54, 1.807) is 13.4 Å². The molecule has 3 rings (SSSR count). The molecule has 7 heteroatoms. The highest BCUT2D eigenvalue weighted by atomic mass is 16.5. The molecule has 1 saturated heterocycles. The summed E-state index contributed by atoms with van der Waals surface area (Å²) in [5.74, 6) is 0.885. The second-order valence-corrected chi connectivity index (χ2v) is 6.79. The Bertz CT molecular complexity index is 697. The SMILES string of the molecule is COCCN(CCC(=O)Nc1ccc(N2CCOCC2)cc1)Cc1ccco1. The van der Waals surface area contributed by atoms with Gasteiger partial charge in [0.1, 0.15) is 5.76 Å². The third-order valence-electron chi connectivity index (χ3n) is 4.75. The van der Waals surface area contributed by atoms with E-state index < -0.39 is 0 Å². The van der Waals surface area contributed by atoms with Crippen molar-refractivity contribution in [2.45, 2.75) is 13.0 Å². The Kier molecular flexibility index (Phi) is 7.90. The highest BCUT2D eigenvalue weighted by Crippen LogP contribution is 2.19. The highest BCUT2D eigenvalue weighted by molar-refractivity contribution is 5.91. The minimum Gasteiger partial charge on any atom is -0.468 e. The van der Waals surface area contributed by atoms with E-state index in [-0.39, 0.29) is 5.91 Å². The maximum absolute atomic E-state index is 12.4. The van der Waals surface area contributed by atoms with Crippen molar-refractivity contribution in [2.24, 2.45) is 0 Å². The van der Waals surface area contributed by atoms with Gasteiger partial charge in [-0.1, -0.05) is 0 Å². The number of rotatable bonds is 10. The number of methoxy groups -OCH3 is 1. The molecule has 152 valence electrons. The monoisotopic (exact) mass is 387 g/mol. The molecule has 1 fully saturated rings. The van der Waals surface area contributed by atoms with Gasteiger partial charge in [-0.25, -0.2) is 0 Å². The number of hydrogen-bond donors (Lipinski definition) is 1. The Labute approximate surface area is 166 Å². The maximum Gasteiger partial charge on any atom is 0.225 e. The number of carbonyl (C=O) groups excluding carboxylic acids is 1. The Morgan fingerprint density at radius 3 is 2.64 bits per heavy atom. The summed E-state index contributed by atoms with van der Waals surface area (Å²) in [4.78, 5) is 16.8. The van der Waals surface area contributed by atoms with Crippen LogP contribution >= 0.6 is 0 Å². The zero-order chi connectivity index (χ0) is 19.6. The fraction of sp³-hybridized carbons (Fsp3) is 0.476. The van der Waals surface area contributed by atoms with Gasteiger partial charge in [-0.3, -0.25) is 9.69 Å². The van der Waals surface area contributed by atoms with Crippen LogP contribution in [0.1, 0.15) is 12.2 Å². The van der Waals surface area contributed by atoms with Crippen LogP contribution in [0.5, 0.6) is 0 Å². The van der Waals surface area contributed by atoms with Gasteiger partial charge in [0, 0.05) is 51.1 Å². The number of carbonyl (C=O) groups is 1. The first-order valence-corrected chi connectivity index (χ1v) is 9.71. The van der Waals surface area contributed by atoms with Gasteiger partial charge >= 0.3 is 0 Å². The summed E-state index contributed by atoms with van der Waals surface area (Å²) < 4.78 is 16.0. The van der Waals surface area contributed by atoms with Crippen molar-refractivity contribution in [3.8, 4) is 0 Å². The zero-order valence-electron chi connectivity index (χ0n) is 16.4. The highest BCUT2D eigenvalue weighted by Gasteiger charge is 2.13. The molecular weight excluding hydrogens is 358 g/mol. The molecule has 7 nitrogen and oxygen atoms in total. The molecule has 1 amide bonds. The van der Waals surface area contributed by atoms with E-state index in [9.17, 15) is 4.79 Å². The van der Waals surface area contributed by atoms with Gasteiger partial charge in [-0.15, -0.1) is 0 Å². The number of ether oxygens (including phenoxy) is 2. The van der Waals surface area contributed by atoms with Crippen molar-refractivity contribution >= 4 is 17.3 Å². The molecule has 0 saturated carbocycles. The molecule has 0 bridgehead atoms. The molecular formula is C21H29N3O4. The van der Waals surface area contributed by atoms with Crippen LogP contribution in [-0.2, 0) is 20.8 Å². The molecule has 1 aromatic heterocycles. The number of furan rings is 1. The lowest BCUT2D eigenvalue weighted by Crippen LogP contribution is -2.36. The van der Waals surface area contributed by atoms with E-state index in [1.165, 1.54) is 0 Å². The van der Waals surface area contributed by atoms with E-state index in [0.29, 0.717) is 26.1 Å². The van der Waals surface area contributed by atoms with Crippen LogP contribution in [-0.4, -0.2) is 63.9 Å². The predicted octanol–water partition coefficient (Wildman–Crippen LogP) is 2.59. The van der Waals surface area contributed by atoms with Crippen molar-refractivity contribution in [1.82, 2.24) is 4.90 Å². The number of nitrogens with one attached hydrogen (secondary N) is 1. The second kappa shape index (κ2) is 10.8. The lowest BCUT2D eigenvalue weighted by atomic mass is 10.2. The van der Waals surface area contributed by atoms with Gasteiger partial charge in [-0.2, -0.15) is 0 Å². The molecule has 1 aromatic carbocycles. The van der Waals surface area contributed by atoms with Gasteiger partial charge in [0.05, 0.1) is 32.6 Å². The minimum absolute atomic E-state index is 0.000911. The largest absolute Gasteiger partial charge is 0.468 e. The lowest BCUT2D eigenvalue weighted by Gasteiger charge is -2.28. The Hall–Kier alpha value is -2.35. The van der Waals surface area contributed by atoms with Gasteiger partial charge in [-0.05, 0) is 36.4 Å². The summed E-state index contributed by atoms with van der Waals surface area (Å²) in [6.07, 6.45) is 2.08. The standard InChI is InChI=1S/C21H29N3O4/c1-26-14-10-23(17-20-3-2-13-28-20)9-8-21(25)22-18-4-6-19(7-5-18)24-11-15-27-16-12-24/h2-7,13H,8-12,14-17H2,1H3,(H,22,25). The van der Waals surface area contributed by atoms with Gasteiger partial charge in [0.2, 0.25) is 5.91 Å². The molecule has 0 aliphatic carbocycles. The van der Waals surface area contributed by atoms with Crippen LogP contribution in [0.15, 0.2) is 47.1 Å². The topological polar surface area (TPSA) is 67.2 Å². The van der Waals surface area contributed by atoms with Gasteiger partial charge < -0.3 is 24.1 Å². The summed E-state index contributed by atoms with van der Waals surface area (Å²) in [5.41, 5.74) is 1.97. The number of anilines is 2. The summed E-state index contributed by atoms with van der Waals surface area (Å²) >= 11 is 0. The Balaban J connectivity index is 1.46. The maximum atomic E-state index is 12.4.